The van der Waals surface area contributed by atoms with E-state index in [0.717, 1.165) is 34.8 Å². The second kappa shape index (κ2) is 16.4. The molecule has 0 aliphatic rings. The third kappa shape index (κ3) is 9.62. The van der Waals surface area contributed by atoms with Crippen molar-refractivity contribution in [2.24, 2.45) is 10.9 Å². The summed E-state index contributed by atoms with van der Waals surface area (Å²) in [5.41, 5.74) is 5.84. The summed E-state index contributed by atoms with van der Waals surface area (Å²) in [5, 5.41) is 4.93. The van der Waals surface area contributed by atoms with E-state index in [1.807, 2.05) is 13.8 Å². The molecule has 3 heteroatoms. The number of aliphatic imine (C=N–C) groups is 1. The third-order valence-corrected chi connectivity index (χ3v) is 6.87. The molecular weight excluding hydrogens is 460 g/mol. The molecular formula is C33H49ClN2. The number of aromatic amines is 1. The summed E-state index contributed by atoms with van der Waals surface area (Å²) in [6.07, 6.45) is 9.51. The van der Waals surface area contributed by atoms with Crippen LogP contribution in [0.5, 0.6) is 0 Å². The molecule has 2 nitrogen and oxygen atoms in total. The normalized spacial score (nSPS) is 13.2. The summed E-state index contributed by atoms with van der Waals surface area (Å²) in [5.74, 6) is 0.955. The van der Waals surface area contributed by atoms with Gasteiger partial charge in [0.2, 0.25) is 0 Å². The fourth-order valence-corrected chi connectivity index (χ4v) is 4.29. The van der Waals surface area contributed by atoms with Crippen molar-refractivity contribution in [1.29, 1.82) is 0 Å². The number of H-pyrrole nitrogens is 1. The molecule has 0 aliphatic carbocycles. The number of aromatic nitrogens is 1. The van der Waals surface area contributed by atoms with Crippen molar-refractivity contribution in [1.82, 2.24) is 4.98 Å². The lowest BCUT2D eigenvalue weighted by Crippen LogP contribution is -2.26. The average molecular weight is 509 g/mol. The summed E-state index contributed by atoms with van der Waals surface area (Å²) in [4.78, 5) is 8.29. The fraction of sp³-hybridized carbons (Fsp3) is 0.485. The molecule has 1 aromatic heterocycles. The quantitative estimate of drug-likeness (QED) is 0.220. The first kappa shape index (κ1) is 31.7. The van der Waals surface area contributed by atoms with Crippen LogP contribution < -0.4 is 10.6 Å². The predicted octanol–water partition coefficient (Wildman–Crippen LogP) is 9.45. The number of hydrogen-bond donors (Lipinski definition) is 1. The van der Waals surface area contributed by atoms with Crippen molar-refractivity contribution < 1.29 is 0 Å². The molecule has 3 aromatic rings. The van der Waals surface area contributed by atoms with Gasteiger partial charge < -0.3 is 4.98 Å². The molecule has 1 N–H and O–H groups in total. The maximum atomic E-state index is 4.67. The molecule has 0 radical (unpaired) electrons. The van der Waals surface area contributed by atoms with Gasteiger partial charge in [0.1, 0.15) is 0 Å². The molecule has 0 fully saturated rings. The van der Waals surface area contributed by atoms with Gasteiger partial charge in [-0.2, -0.15) is 0 Å². The van der Waals surface area contributed by atoms with Gasteiger partial charge in [-0.1, -0.05) is 108 Å². The van der Waals surface area contributed by atoms with Crippen LogP contribution in [0.15, 0.2) is 53.5 Å². The molecule has 0 saturated heterocycles. The molecule has 198 valence electrons. The van der Waals surface area contributed by atoms with E-state index < -0.39 is 0 Å². The number of nitrogens with one attached hydrogen (secondary N) is 1. The highest BCUT2D eigenvalue weighted by atomic mass is 35.5. The summed E-state index contributed by atoms with van der Waals surface area (Å²) in [6, 6.07) is 17.4. The Morgan fingerprint density at radius 1 is 0.861 bits per heavy atom. The number of nitrogens with zero attached hydrogens (tertiary/aromatic N) is 1. The van der Waals surface area contributed by atoms with Crippen LogP contribution in [0.4, 0.5) is 0 Å². The van der Waals surface area contributed by atoms with E-state index in [9.17, 15) is 0 Å². The van der Waals surface area contributed by atoms with E-state index in [1.54, 1.807) is 0 Å². The second-order valence-electron chi connectivity index (χ2n) is 10.2. The molecule has 0 saturated carbocycles. The van der Waals surface area contributed by atoms with Crippen molar-refractivity contribution in [2.45, 2.75) is 100 Å². The first-order valence-electron chi connectivity index (χ1n) is 13.7. The van der Waals surface area contributed by atoms with Crippen molar-refractivity contribution in [3.63, 3.8) is 0 Å². The van der Waals surface area contributed by atoms with Crippen LogP contribution in [0.3, 0.4) is 0 Å². The molecule has 1 unspecified atom stereocenters. The standard InChI is InChI=1S/C23H26N2.C10H22.ClH/c1-6-16(4)21-14-22(25-23(21)17(5)24-15(2)3)20-12-11-18-9-7-8-10-19(18)13-20;1-4-6-7-8-9-10(3)5-2;/h7-14,25H,6H2,1-5H3;10H,4-9H2,1-3H3;1H/b21-16+,23-17+;;. The monoisotopic (exact) mass is 508 g/mol. The summed E-state index contributed by atoms with van der Waals surface area (Å²) in [7, 11) is 0. The largest absolute Gasteiger partial charge is 0.353 e. The van der Waals surface area contributed by atoms with Gasteiger partial charge in [0.15, 0.2) is 0 Å². The predicted molar refractivity (Wildman–Crippen MR) is 166 cm³/mol. The van der Waals surface area contributed by atoms with Crippen molar-refractivity contribution in [3.8, 4) is 11.3 Å². The summed E-state index contributed by atoms with van der Waals surface area (Å²) in [6.45, 7) is 17.5. The Bertz CT molecular complexity index is 1210. The number of unbranched alkanes of at least 4 members (excludes halogenated alkanes) is 3. The van der Waals surface area contributed by atoms with Crippen LogP contribution in [0, 0.1) is 5.92 Å². The van der Waals surface area contributed by atoms with Gasteiger partial charge in [0.05, 0.1) is 11.0 Å². The molecule has 2 aromatic carbocycles. The van der Waals surface area contributed by atoms with E-state index in [1.165, 1.54) is 65.7 Å². The average Bonchev–Trinajstić information content (AvgIpc) is 3.31. The van der Waals surface area contributed by atoms with Gasteiger partial charge in [0.25, 0.3) is 0 Å². The minimum absolute atomic E-state index is 0. The molecule has 0 amide bonds. The Labute approximate surface area is 226 Å². The number of hydrogen-bond acceptors (Lipinski definition) is 1. The Morgan fingerprint density at radius 2 is 1.56 bits per heavy atom. The van der Waals surface area contributed by atoms with Crippen molar-refractivity contribution in [3.05, 3.63) is 59.1 Å². The van der Waals surface area contributed by atoms with Crippen LogP contribution in [-0.2, 0) is 0 Å². The zero-order valence-electron chi connectivity index (χ0n) is 24.0. The topological polar surface area (TPSA) is 28.1 Å². The molecule has 36 heavy (non-hydrogen) atoms. The first-order chi connectivity index (χ1) is 16.8. The van der Waals surface area contributed by atoms with Crippen LogP contribution in [0.2, 0.25) is 0 Å². The third-order valence-electron chi connectivity index (χ3n) is 6.87. The van der Waals surface area contributed by atoms with Crippen molar-refractivity contribution in [2.75, 3.05) is 0 Å². The highest BCUT2D eigenvalue weighted by molar-refractivity contribution is 5.87. The Morgan fingerprint density at radius 3 is 2.17 bits per heavy atom. The minimum atomic E-state index is 0. The number of fused-ring (bicyclic) bond motifs is 1. The minimum Gasteiger partial charge on any atom is -0.353 e. The van der Waals surface area contributed by atoms with E-state index in [0.29, 0.717) is 0 Å². The smallest absolute Gasteiger partial charge is 0.0673 e. The van der Waals surface area contributed by atoms with Gasteiger partial charge in [0, 0.05) is 16.6 Å². The van der Waals surface area contributed by atoms with Crippen LogP contribution in [0.25, 0.3) is 33.3 Å². The van der Waals surface area contributed by atoms with Gasteiger partial charge in [-0.15, -0.1) is 12.4 Å². The van der Waals surface area contributed by atoms with Crippen molar-refractivity contribution >= 4 is 40.2 Å². The first-order valence-corrected chi connectivity index (χ1v) is 13.7. The SMILES string of the molecule is CC/C(C)=c1\cc(-c2ccc3ccccc3c2)[nH]\c1=C(/C)N=C(C)C.CCCCCCC(C)CC.Cl. The number of rotatable bonds is 9. The zero-order valence-corrected chi connectivity index (χ0v) is 24.8. The maximum absolute atomic E-state index is 4.67. The van der Waals surface area contributed by atoms with Gasteiger partial charge >= 0.3 is 0 Å². The highest BCUT2D eigenvalue weighted by Crippen LogP contribution is 2.22. The second-order valence-corrected chi connectivity index (χ2v) is 10.2. The lowest BCUT2D eigenvalue weighted by atomic mass is 10.0. The lowest BCUT2D eigenvalue weighted by Gasteiger charge is -2.06. The fourth-order valence-electron chi connectivity index (χ4n) is 4.29. The number of benzene rings is 2. The molecule has 0 aliphatic heterocycles. The molecule has 0 spiro atoms. The Hall–Kier alpha value is -2.32. The van der Waals surface area contributed by atoms with E-state index >= 15 is 0 Å². The van der Waals surface area contributed by atoms with Crippen LogP contribution >= 0.6 is 12.4 Å². The molecule has 0 bridgehead atoms. The van der Waals surface area contributed by atoms with Crippen LogP contribution in [0.1, 0.15) is 100 Å². The highest BCUT2D eigenvalue weighted by Gasteiger charge is 2.06. The lowest BCUT2D eigenvalue weighted by molar-refractivity contribution is 0.477. The summed E-state index contributed by atoms with van der Waals surface area (Å²) < 4.78 is 0. The number of halogens is 1. The van der Waals surface area contributed by atoms with Gasteiger partial charge in [-0.3, -0.25) is 4.99 Å². The van der Waals surface area contributed by atoms with E-state index in [2.05, 4.69) is 100 Å². The molecule has 1 heterocycles. The van der Waals surface area contributed by atoms with Gasteiger partial charge in [-0.05, 0) is 68.5 Å². The molecule has 3 rings (SSSR count). The Kier molecular flexibility index (Phi) is 14.5. The van der Waals surface area contributed by atoms with E-state index in [4.69, 9.17) is 0 Å². The summed E-state index contributed by atoms with van der Waals surface area (Å²) >= 11 is 0. The maximum Gasteiger partial charge on any atom is 0.0673 e. The van der Waals surface area contributed by atoms with E-state index in [-0.39, 0.29) is 12.4 Å². The molecule has 1 atom stereocenters. The van der Waals surface area contributed by atoms with Gasteiger partial charge in [-0.25, -0.2) is 0 Å². The zero-order chi connectivity index (χ0) is 25.8. The Balaban J connectivity index is 0.000000504. The van der Waals surface area contributed by atoms with Crippen LogP contribution in [-0.4, -0.2) is 10.7 Å².